The topological polar surface area (TPSA) is 153 Å². The molecule has 0 fully saturated rings. The highest BCUT2D eigenvalue weighted by atomic mass is 32.2. The molecule has 1 amide bonds. The predicted molar refractivity (Wildman–Crippen MR) is 168 cm³/mol. The zero-order chi connectivity index (χ0) is 31.2. The lowest BCUT2D eigenvalue weighted by atomic mass is 9.75. The number of hydrogen-bond donors (Lipinski definition) is 2. The van der Waals surface area contributed by atoms with Crippen LogP contribution >= 0.6 is 23.1 Å². The zero-order valence-electron chi connectivity index (χ0n) is 24.6. The summed E-state index contributed by atoms with van der Waals surface area (Å²) >= 11 is 2.51. The Kier molecular flexibility index (Phi) is 9.72. The molecule has 1 aliphatic carbocycles. The van der Waals surface area contributed by atoms with E-state index < -0.39 is 5.92 Å². The minimum absolute atomic E-state index is 0.0791. The summed E-state index contributed by atoms with van der Waals surface area (Å²) in [7, 11) is 4.52. The third-order valence-electron chi connectivity index (χ3n) is 7.45. The Bertz CT molecular complexity index is 1660. The standard InChI is InChI=1S/C31H32N6O5S2/c1-40-23-13-12-19(27(41-2)28(23)42-3)25-20(16-32)29(33)37(21-10-7-11-22(38)26(21)25)30-35-36-31(44-30)43-17-24(39)34-15-14-18-8-5-4-6-9-18/h4-6,8-9,12-13,25H,7,10-11,14-15,17,33H2,1-3H3,(H,34,39). The van der Waals surface area contributed by atoms with Crippen molar-refractivity contribution in [3.8, 4) is 23.3 Å². The van der Waals surface area contributed by atoms with Gasteiger partial charge in [0.25, 0.3) is 0 Å². The van der Waals surface area contributed by atoms with Crippen LogP contribution in [-0.2, 0) is 16.0 Å². The molecule has 1 atom stereocenters. The van der Waals surface area contributed by atoms with Crippen molar-refractivity contribution in [2.75, 3.05) is 38.5 Å². The Morgan fingerprint density at radius 1 is 1.11 bits per heavy atom. The average molecular weight is 633 g/mol. The normalized spacial score (nSPS) is 16.4. The summed E-state index contributed by atoms with van der Waals surface area (Å²) in [6.45, 7) is 0.536. The Labute approximate surface area is 263 Å². The van der Waals surface area contributed by atoms with E-state index in [1.807, 2.05) is 30.3 Å². The van der Waals surface area contributed by atoms with E-state index in [0.29, 0.717) is 69.4 Å². The minimum Gasteiger partial charge on any atom is -0.493 e. The SMILES string of the molecule is COc1ccc(C2C(C#N)=C(N)N(c3nnc(SCC(=O)NCCc4ccccc4)s3)C3=C2C(=O)CCC3)c(OC)c1OC. The van der Waals surface area contributed by atoms with Gasteiger partial charge < -0.3 is 25.3 Å². The molecular weight excluding hydrogens is 601 g/mol. The molecule has 1 aromatic heterocycles. The fraction of sp³-hybridized carbons (Fsp3) is 0.323. The molecule has 2 aromatic carbocycles. The number of hydrogen-bond acceptors (Lipinski definition) is 12. The molecule has 0 spiro atoms. The fourth-order valence-electron chi connectivity index (χ4n) is 5.49. The molecule has 228 valence electrons. The van der Waals surface area contributed by atoms with E-state index in [1.54, 1.807) is 17.0 Å². The van der Waals surface area contributed by atoms with Crippen LogP contribution in [0.2, 0.25) is 0 Å². The molecule has 2 heterocycles. The highest BCUT2D eigenvalue weighted by Gasteiger charge is 2.43. The number of carbonyl (C=O) groups is 2. The first-order valence-electron chi connectivity index (χ1n) is 13.9. The maximum Gasteiger partial charge on any atom is 0.230 e. The molecule has 1 aliphatic heterocycles. The van der Waals surface area contributed by atoms with Crippen LogP contribution in [0.3, 0.4) is 0 Å². The number of aromatic nitrogens is 2. The number of anilines is 1. The Morgan fingerprint density at radius 3 is 2.59 bits per heavy atom. The van der Waals surface area contributed by atoms with E-state index in [0.717, 1.165) is 12.0 Å². The molecule has 3 N–H and O–H groups in total. The molecular formula is C31H32N6O5S2. The van der Waals surface area contributed by atoms with Crippen molar-refractivity contribution in [2.45, 2.75) is 35.9 Å². The van der Waals surface area contributed by atoms with Crippen LogP contribution in [0.5, 0.6) is 17.2 Å². The van der Waals surface area contributed by atoms with E-state index in [9.17, 15) is 14.9 Å². The van der Waals surface area contributed by atoms with Crippen LogP contribution in [0.25, 0.3) is 0 Å². The number of allylic oxidation sites excluding steroid dienone is 3. The van der Waals surface area contributed by atoms with E-state index in [2.05, 4.69) is 21.6 Å². The Balaban J connectivity index is 1.41. The highest BCUT2D eigenvalue weighted by molar-refractivity contribution is 8.01. The number of methoxy groups -OCH3 is 3. The summed E-state index contributed by atoms with van der Waals surface area (Å²) in [5, 5.41) is 22.4. The number of nitrogens with two attached hydrogens (primary N) is 1. The number of ether oxygens (including phenoxy) is 3. The van der Waals surface area contributed by atoms with Gasteiger partial charge in [0.1, 0.15) is 5.82 Å². The molecule has 1 unspecified atom stereocenters. The molecule has 13 heteroatoms. The van der Waals surface area contributed by atoms with Crippen molar-refractivity contribution in [1.82, 2.24) is 15.5 Å². The van der Waals surface area contributed by atoms with Gasteiger partial charge in [0, 0.05) is 29.8 Å². The second-order valence-electron chi connectivity index (χ2n) is 9.96. The van der Waals surface area contributed by atoms with Gasteiger partial charge in [0.15, 0.2) is 21.6 Å². The van der Waals surface area contributed by atoms with Crippen LogP contribution in [0.4, 0.5) is 5.13 Å². The second kappa shape index (κ2) is 13.8. The molecule has 3 aromatic rings. The van der Waals surface area contributed by atoms with Gasteiger partial charge in [0.2, 0.25) is 16.8 Å². The van der Waals surface area contributed by atoms with E-state index in [4.69, 9.17) is 19.9 Å². The molecule has 0 saturated carbocycles. The number of nitriles is 1. The van der Waals surface area contributed by atoms with Gasteiger partial charge in [-0.25, -0.2) is 0 Å². The van der Waals surface area contributed by atoms with Gasteiger partial charge in [-0.15, -0.1) is 10.2 Å². The molecule has 0 radical (unpaired) electrons. The zero-order valence-corrected chi connectivity index (χ0v) is 26.2. The van der Waals surface area contributed by atoms with Crippen molar-refractivity contribution >= 4 is 39.9 Å². The largest absolute Gasteiger partial charge is 0.493 e. The van der Waals surface area contributed by atoms with Gasteiger partial charge in [-0.1, -0.05) is 59.5 Å². The Hall–Kier alpha value is -4.54. The Morgan fingerprint density at radius 2 is 1.89 bits per heavy atom. The molecule has 2 aliphatic rings. The smallest absolute Gasteiger partial charge is 0.230 e. The van der Waals surface area contributed by atoms with Gasteiger partial charge >= 0.3 is 0 Å². The monoisotopic (exact) mass is 632 g/mol. The first-order valence-corrected chi connectivity index (χ1v) is 15.7. The number of benzene rings is 2. The van der Waals surface area contributed by atoms with Gasteiger partial charge in [-0.2, -0.15) is 5.26 Å². The van der Waals surface area contributed by atoms with E-state index in [-0.39, 0.29) is 28.8 Å². The lowest BCUT2D eigenvalue weighted by Gasteiger charge is -2.38. The van der Waals surface area contributed by atoms with E-state index in [1.165, 1.54) is 44.4 Å². The van der Waals surface area contributed by atoms with E-state index >= 15 is 0 Å². The molecule has 0 bridgehead atoms. The number of nitrogens with one attached hydrogen (secondary N) is 1. The number of carbonyl (C=O) groups excluding carboxylic acids is 2. The summed E-state index contributed by atoms with van der Waals surface area (Å²) in [5.41, 5.74) is 9.75. The predicted octanol–water partition coefficient (Wildman–Crippen LogP) is 4.32. The fourth-order valence-corrected chi connectivity index (χ4v) is 7.20. The van der Waals surface area contributed by atoms with Crippen LogP contribution in [-0.4, -0.2) is 55.5 Å². The molecule has 0 saturated heterocycles. The highest BCUT2D eigenvalue weighted by Crippen LogP contribution is 2.52. The van der Waals surface area contributed by atoms with Crippen molar-refractivity contribution in [3.05, 3.63) is 76.3 Å². The second-order valence-corrected chi connectivity index (χ2v) is 12.1. The summed E-state index contributed by atoms with van der Waals surface area (Å²) in [4.78, 5) is 27.7. The molecule has 11 nitrogen and oxygen atoms in total. The number of rotatable bonds is 11. The maximum absolute atomic E-state index is 13.6. The van der Waals surface area contributed by atoms with Crippen LogP contribution < -0.4 is 30.2 Å². The number of Topliss-reactive ketones (excluding diaryl/α,β-unsaturated/α-hetero) is 1. The van der Waals surface area contributed by atoms with Crippen LogP contribution in [0.15, 0.2) is 69.5 Å². The lowest BCUT2D eigenvalue weighted by Crippen LogP contribution is -2.38. The number of ketones is 1. The minimum atomic E-state index is -0.768. The summed E-state index contributed by atoms with van der Waals surface area (Å²) in [6, 6.07) is 15.7. The number of amides is 1. The first kappa shape index (κ1) is 30.9. The number of nitrogens with zero attached hydrogens (tertiary/aromatic N) is 4. The maximum atomic E-state index is 13.6. The van der Waals surface area contributed by atoms with Gasteiger partial charge in [-0.05, 0) is 30.9 Å². The summed E-state index contributed by atoms with van der Waals surface area (Å²) in [6.07, 6.45) is 2.27. The molecule has 5 rings (SSSR count). The average Bonchev–Trinajstić information content (AvgIpc) is 3.51. The number of thioether (sulfide) groups is 1. The van der Waals surface area contributed by atoms with Crippen molar-refractivity contribution in [2.24, 2.45) is 5.73 Å². The van der Waals surface area contributed by atoms with Crippen LogP contribution in [0.1, 0.15) is 36.3 Å². The first-order chi connectivity index (χ1) is 21.4. The lowest BCUT2D eigenvalue weighted by molar-refractivity contribution is -0.118. The third kappa shape index (κ3) is 6.09. The van der Waals surface area contributed by atoms with Crippen LogP contribution in [0, 0.1) is 11.3 Å². The quantitative estimate of drug-likeness (QED) is 0.291. The van der Waals surface area contributed by atoms with Gasteiger partial charge in [-0.3, -0.25) is 14.5 Å². The third-order valence-corrected chi connectivity index (χ3v) is 9.49. The molecule has 44 heavy (non-hydrogen) atoms. The van der Waals surface area contributed by atoms with Crippen molar-refractivity contribution < 1.29 is 23.8 Å². The summed E-state index contributed by atoms with van der Waals surface area (Å²) < 4.78 is 17.3. The van der Waals surface area contributed by atoms with Gasteiger partial charge in [0.05, 0.1) is 44.6 Å². The van der Waals surface area contributed by atoms with Crippen molar-refractivity contribution in [1.29, 1.82) is 5.26 Å². The van der Waals surface area contributed by atoms with Crippen molar-refractivity contribution in [3.63, 3.8) is 0 Å². The summed E-state index contributed by atoms with van der Waals surface area (Å²) in [5.74, 6) is 0.536.